The van der Waals surface area contributed by atoms with E-state index in [0.29, 0.717) is 6.04 Å². The predicted octanol–water partition coefficient (Wildman–Crippen LogP) is 1.86. The van der Waals surface area contributed by atoms with Crippen LogP contribution in [0.1, 0.15) is 12.8 Å². The molecule has 1 aliphatic rings. The van der Waals surface area contributed by atoms with E-state index >= 15 is 0 Å². The van der Waals surface area contributed by atoms with E-state index in [2.05, 4.69) is 36.2 Å². The minimum absolute atomic E-state index is 0.347. The average Bonchev–Trinajstić information content (AvgIpc) is 3.02. The highest BCUT2D eigenvalue weighted by Crippen LogP contribution is 2.32. The molecule has 1 aliphatic carbocycles. The minimum atomic E-state index is 0.347. The number of nitrogens with two attached hydrogens (primary N) is 1. The van der Waals surface area contributed by atoms with Gasteiger partial charge in [0.1, 0.15) is 0 Å². The molecule has 1 aromatic rings. The summed E-state index contributed by atoms with van der Waals surface area (Å²) in [5, 5.41) is 0. The van der Waals surface area contributed by atoms with Crippen molar-refractivity contribution < 1.29 is 0 Å². The molecule has 1 aromatic carbocycles. The first-order valence-electron chi connectivity index (χ1n) is 5.29. The van der Waals surface area contributed by atoms with Crippen molar-refractivity contribution in [3.05, 3.63) is 30.3 Å². The van der Waals surface area contributed by atoms with E-state index in [0.717, 1.165) is 12.5 Å². The zero-order valence-corrected chi connectivity index (χ0v) is 8.69. The van der Waals surface area contributed by atoms with E-state index in [-0.39, 0.29) is 0 Å². The monoisotopic (exact) mass is 190 g/mol. The van der Waals surface area contributed by atoms with Crippen LogP contribution in [0.4, 0.5) is 5.69 Å². The molecule has 2 rings (SSSR count). The maximum Gasteiger partial charge on any atom is 0.0364 e. The SMILES string of the molecule is CN(C[C@@H](N)C1CC1)c1ccccc1. The Balaban J connectivity index is 1.91. The van der Waals surface area contributed by atoms with Crippen molar-refractivity contribution in [3.63, 3.8) is 0 Å². The van der Waals surface area contributed by atoms with Crippen LogP contribution in [-0.4, -0.2) is 19.6 Å². The molecule has 0 saturated heterocycles. The molecule has 0 heterocycles. The molecule has 0 radical (unpaired) electrons. The molecule has 1 fully saturated rings. The Kier molecular flexibility index (Phi) is 2.73. The van der Waals surface area contributed by atoms with E-state index in [1.807, 2.05) is 6.07 Å². The Hall–Kier alpha value is -1.02. The van der Waals surface area contributed by atoms with E-state index in [9.17, 15) is 0 Å². The van der Waals surface area contributed by atoms with Crippen LogP contribution in [0, 0.1) is 5.92 Å². The van der Waals surface area contributed by atoms with Gasteiger partial charge in [-0.05, 0) is 30.9 Å². The molecule has 0 bridgehead atoms. The van der Waals surface area contributed by atoms with Crippen LogP contribution in [-0.2, 0) is 0 Å². The van der Waals surface area contributed by atoms with Crippen LogP contribution in [0.15, 0.2) is 30.3 Å². The lowest BCUT2D eigenvalue weighted by Gasteiger charge is -2.23. The maximum absolute atomic E-state index is 6.08. The van der Waals surface area contributed by atoms with Crippen LogP contribution in [0.25, 0.3) is 0 Å². The molecular formula is C12H18N2. The topological polar surface area (TPSA) is 29.3 Å². The molecule has 2 nitrogen and oxygen atoms in total. The van der Waals surface area contributed by atoms with Crippen molar-refractivity contribution in [3.8, 4) is 0 Å². The van der Waals surface area contributed by atoms with Gasteiger partial charge in [-0.1, -0.05) is 18.2 Å². The fourth-order valence-electron chi connectivity index (χ4n) is 1.78. The third-order valence-electron chi connectivity index (χ3n) is 2.91. The van der Waals surface area contributed by atoms with Gasteiger partial charge in [0.2, 0.25) is 0 Å². The third kappa shape index (κ3) is 2.26. The Labute approximate surface area is 85.7 Å². The summed E-state index contributed by atoms with van der Waals surface area (Å²) >= 11 is 0. The molecule has 1 atom stereocenters. The van der Waals surface area contributed by atoms with Crippen molar-refractivity contribution in [2.24, 2.45) is 11.7 Å². The van der Waals surface area contributed by atoms with E-state index in [1.54, 1.807) is 0 Å². The Morgan fingerprint density at radius 3 is 2.57 bits per heavy atom. The molecule has 1 saturated carbocycles. The van der Waals surface area contributed by atoms with E-state index in [4.69, 9.17) is 5.73 Å². The van der Waals surface area contributed by atoms with Gasteiger partial charge in [0.25, 0.3) is 0 Å². The summed E-state index contributed by atoms with van der Waals surface area (Å²) in [5.74, 6) is 0.779. The highest BCUT2D eigenvalue weighted by atomic mass is 15.1. The lowest BCUT2D eigenvalue weighted by molar-refractivity contribution is 0.589. The Morgan fingerprint density at radius 2 is 2.00 bits per heavy atom. The maximum atomic E-state index is 6.08. The van der Waals surface area contributed by atoms with Crippen LogP contribution in [0.3, 0.4) is 0 Å². The zero-order valence-electron chi connectivity index (χ0n) is 8.69. The van der Waals surface area contributed by atoms with E-state index in [1.165, 1.54) is 18.5 Å². The zero-order chi connectivity index (χ0) is 9.97. The van der Waals surface area contributed by atoms with Gasteiger partial charge in [0.15, 0.2) is 0 Å². The molecule has 14 heavy (non-hydrogen) atoms. The summed E-state index contributed by atoms with van der Waals surface area (Å²) in [7, 11) is 2.11. The number of benzene rings is 1. The second-order valence-electron chi connectivity index (χ2n) is 4.22. The summed E-state index contributed by atoms with van der Waals surface area (Å²) in [6.45, 7) is 0.967. The first-order chi connectivity index (χ1) is 6.77. The highest BCUT2D eigenvalue weighted by Gasteiger charge is 2.28. The summed E-state index contributed by atoms with van der Waals surface area (Å²) in [5.41, 5.74) is 7.33. The fraction of sp³-hybridized carbons (Fsp3) is 0.500. The number of para-hydroxylation sites is 1. The first kappa shape index (κ1) is 9.53. The van der Waals surface area contributed by atoms with Gasteiger partial charge in [-0.25, -0.2) is 0 Å². The van der Waals surface area contributed by atoms with Crippen molar-refractivity contribution in [1.29, 1.82) is 0 Å². The molecule has 0 aliphatic heterocycles. The molecule has 0 spiro atoms. The number of nitrogens with zero attached hydrogens (tertiary/aromatic N) is 1. The number of hydrogen-bond acceptors (Lipinski definition) is 2. The summed E-state index contributed by atoms with van der Waals surface area (Å²) < 4.78 is 0. The molecule has 0 unspecified atom stereocenters. The summed E-state index contributed by atoms with van der Waals surface area (Å²) in [6.07, 6.45) is 2.65. The van der Waals surface area contributed by atoms with Crippen LogP contribution in [0.5, 0.6) is 0 Å². The van der Waals surface area contributed by atoms with Crippen LogP contribution >= 0.6 is 0 Å². The van der Waals surface area contributed by atoms with Gasteiger partial charge in [0, 0.05) is 25.3 Å². The first-order valence-corrected chi connectivity index (χ1v) is 5.29. The van der Waals surface area contributed by atoms with Gasteiger partial charge < -0.3 is 10.6 Å². The lowest BCUT2D eigenvalue weighted by Crippen LogP contribution is -2.36. The number of likely N-dealkylation sites (N-methyl/N-ethyl adjacent to an activating group) is 1. The predicted molar refractivity (Wildman–Crippen MR) is 60.4 cm³/mol. The Bertz CT molecular complexity index is 280. The van der Waals surface area contributed by atoms with Gasteiger partial charge >= 0.3 is 0 Å². The van der Waals surface area contributed by atoms with Crippen molar-refractivity contribution in [2.45, 2.75) is 18.9 Å². The number of anilines is 1. The summed E-state index contributed by atoms with van der Waals surface area (Å²) in [4.78, 5) is 2.24. The molecule has 0 aromatic heterocycles. The highest BCUT2D eigenvalue weighted by molar-refractivity contribution is 5.45. The normalized spacial score (nSPS) is 17.9. The lowest BCUT2D eigenvalue weighted by atomic mass is 10.2. The molecule has 2 N–H and O–H groups in total. The molecule has 76 valence electrons. The second-order valence-corrected chi connectivity index (χ2v) is 4.22. The largest absolute Gasteiger partial charge is 0.373 e. The standard InChI is InChI=1S/C12H18N2/c1-14(9-12(13)10-7-8-10)11-5-3-2-4-6-11/h2-6,10,12H,7-9,13H2,1H3/t12-/m1/s1. The van der Waals surface area contributed by atoms with Gasteiger partial charge in [0.05, 0.1) is 0 Å². The number of hydrogen-bond donors (Lipinski definition) is 1. The quantitative estimate of drug-likeness (QED) is 0.785. The number of rotatable bonds is 4. The van der Waals surface area contributed by atoms with Crippen molar-refractivity contribution in [1.82, 2.24) is 0 Å². The van der Waals surface area contributed by atoms with Gasteiger partial charge in [-0.15, -0.1) is 0 Å². The van der Waals surface area contributed by atoms with E-state index < -0.39 is 0 Å². The molecule has 2 heteroatoms. The van der Waals surface area contributed by atoms with Crippen molar-refractivity contribution >= 4 is 5.69 Å². The van der Waals surface area contributed by atoms with Gasteiger partial charge in [-0.2, -0.15) is 0 Å². The smallest absolute Gasteiger partial charge is 0.0364 e. The third-order valence-corrected chi connectivity index (χ3v) is 2.91. The Morgan fingerprint density at radius 1 is 1.36 bits per heavy atom. The fourth-order valence-corrected chi connectivity index (χ4v) is 1.78. The molecule has 0 amide bonds. The molecular weight excluding hydrogens is 172 g/mol. The minimum Gasteiger partial charge on any atom is -0.373 e. The van der Waals surface area contributed by atoms with Crippen LogP contribution < -0.4 is 10.6 Å². The summed E-state index contributed by atoms with van der Waals surface area (Å²) in [6, 6.07) is 10.8. The van der Waals surface area contributed by atoms with Gasteiger partial charge in [-0.3, -0.25) is 0 Å². The average molecular weight is 190 g/mol. The van der Waals surface area contributed by atoms with Crippen molar-refractivity contribution in [2.75, 3.05) is 18.5 Å². The van der Waals surface area contributed by atoms with Crippen LogP contribution in [0.2, 0.25) is 0 Å². The second kappa shape index (κ2) is 4.01.